The van der Waals surface area contributed by atoms with Gasteiger partial charge >= 0.3 is 51.4 Å². The maximum atomic E-state index is 11.1. The molecule has 2 rings (SSSR count). The first-order valence-electron chi connectivity index (χ1n) is 3.34. The van der Waals surface area contributed by atoms with Crippen LogP contribution in [0.2, 0.25) is 0 Å². The van der Waals surface area contributed by atoms with Crippen LogP contribution in [-0.4, -0.2) is 11.8 Å². The van der Waals surface area contributed by atoms with Crippen LogP contribution in [0.1, 0.15) is 20.7 Å². The van der Waals surface area contributed by atoms with Gasteiger partial charge in [-0.25, -0.2) is 0 Å². The molecule has 0 bridgehead atoms. The van der Waals surface area contributed by atoms with Crippen LogP contribution >= 0.6 is 15.9 Å². The van der Waals surface area contributed by atoms with Gasteiger partial charge in [0.25, 0.3) is 11.8 Å². The molecule has 1 aromatic rings. The Hall–Kier alpha value is 0.476. The Labute approximate surface area is 126 Å². The van der Waals surface area contributed by atoms with Crippen molar-refractivity contribution < 1.29 is 61.0 Å². The van der Waals surface area contributed by atoms with Crippen molar-refractivity contribution in [1.82, 2.24) is 5.32 Å². The van der Waals surface area contributed by atoms with Gasteiger partial charge in [0.1, 0.15) is 0 Å². The third-order valence-corrected chi connectivity index (χ3v) is 2.19. The molecule has 0 saturated heterocycles. The largest absolute Gasteiger partial charge is 1.00 e. The standard InChI is InChI=1S/C8H4BrNO2.K/c9-4-1-2-5-6(3-4)8(12)10-7(5)11;/h1-3H,(H,10,11,12);/q;+1. The first kappa shape index (κ1) is 11.6. The first-order chi connectivity index (χ1) is 5.68. The summed E-state index contributed by atoms with van der Waals surface area (Å²) in [6, 6.07) is 4.99. The van der Waals surface area contributed by atoms with Gasteiger partial charge in [-0.15, -0.1) is 0 Å². The molecule has 60 valence electrons. The van der Waals surface area contributed by atoms with Crippen molar-refractivity contribution in [2.24, 2.45) is 0 Å². The van der Waals surface area contributed by atoms with E-state index in [1.54, 1.807) is 18.2 Å². The molecule has 3 nitrogen and oxygen atoms in total. The Balaban J connectivity index is 0.000000845. The van der Waals surface area contributed by atoms with Crippen molar-refractivity contribution in [2.75, 3.05) is 0 Å². The van der Waals surface area contributed by atoms with Gasteiger partial charge in [-0.05, 0) is 18.2 Å². The molecule has 0 fully saturated rings. The number of fused-ring (bicyclic) bond motifs is 1. The zero-order valence-corrected chi connectivity index (χ0v) is 11.6. The van der Waals surface area contributed by atoms with E-state index < -0.39 is 0 Å². The zero-order chi connectivity index (χ0) is 8.72. The molecule has 5 heteroatoms. The molecule has 13 heavy (non-hydrogen) atoms. The van der Waals surface area contributed by atoms with E-state index in [9.17, 15) is 9.59 Å². The maximum absolute atomic E-state index is 11.1. The van der Waals surface area contributed by atoms with Gasteiger partial charge in [-0.1, -0.05) is 15.9 Å². The molecule has 1 aliphatic heterocycles. The smallest absolute Gasteiger partial charge is 0.288 e. The van der Waals surface area contributed by atoms with E-state index in [1.165, 1.54) is 0 Å². The fraction of sp³-hybridized carbons (Fsp3) is 0. The van der Waals surface area contributed by atoms with Crippen molar-refractivity contribution in [3.8, 4) is 0 Å². The Kier molecular flexibility index (Phi) is 3.85. The number of rotatable bonds is 0. The summed E-state index contributed by atoms with van der Waals surface area (Å²) < 4.78 is 0.797. The van der Waals surface area contributed by atoms with Crippen molar-refractivity contribution in [1.29, 1.82) is 0 Å². The molecule has 0 aromatic heterocycles. The summed E-state index contributed by atoms with van der Waals surface area (Å²) in [6.45, 7) is 0. The number of carbonyl (C=O) groups is 2. The second kappa shape index (κ2) is 4.33. The molecule has 0 radical (unpaired) electrons. The molecule has 1 N–H and O–H groups in total. The molecule has 0 aliphatic carbocycles. The summed E-state index contributed by atoms with van der Waals surface area (Å²) in [6.07, 6.45) is 0. The van der Waals surface area contributed by atoms with Crippen LogP contribution in [-0.2, 0) is 0 Å². The molecule has 2 amide bonds. The van der Waals surface area contributed by atoms with Crippen molar-refractivity contribution in [2.45, 2.75) is 0 Å². The Bertz CT molecular complexity index is 392. The second-order valence-electron chi connectivity index (χ2n) is 2.47. The van der Waals surface area contributed by atoms with Gasteiger partial charge < -0.3 is 0 Å². The maximum Gasteiger partial charge on any atom is 1.00 e. The van der Waals surface area contributed by atoms with Gasteiger partial charge in [0.15, 0.2) is 0 Å². The van der Waals surface area contributed by atoms with Crippen molar-refractivity contribution in [3.63, 3.8) is 0 Å². The SMILES string of the molecule is O=C1NC(=O)c2cc(Br)ccc21.[K+]. The molecular formula is C8H4BrKNO2+. The molecule has 0 saturated carbocycles. The van der Waals surface area contributed by atoms with Crippen LogP contribution in [0.3, 0.4) is 0 Å². The Morgan fingerprint density at radius 2 is 1.69 bits per heavy atom. The number of halogens is 1. The van der Waals surface area contributed by atoms with E-state index >= 15 is 0 Å². The first-order valence-corrected chi connectivity index (χ1v) is 4.13. The Morgan fingerprint density at radius 1 is 1.08 bits per heavy atom. The van der Waals surface area contributed by atoms with Crippen LogP contribution in [0.5, 0.6) is 0 Å². The molecule has 1 heterocycles. The van der Waals surface area contributed by atoms with Gasteiger partial charge in [0, 0.05) is 4.47 Å². The van der Waals surface area contributed by atoms with E-state index in [2.05, 4.69) is 21.2 Å². The van der Waals surface area contributed by atoms with E-state index in [0.29, 0.717) is 11.1 Å². The summed E-state index contributed by atoms with van der Waals surface area (Å²) in [5.41, 5.74) is 0.887. The van der Waals surface area contributed by atoms with Gasteiger partial charge in [0.2, 0.25) is 0 Å². The topological polar surface area (TPSA) is 46.2 Å². The number of imide groups is 1. The van der Waals surface area contributed by atoms with Crippen molar-refractivity contribution in [3.05, 3.63) is 33.8 Å². The molecule has 0 spiro atoms. The summed E-state index contributed by atoms with van der Waals surface area (Å²) in [5.74, 6) is -0.640. The Morgan fingerprint density at radius 3 is 2.38 bits per heavy atom. The van der Waals surface area contributed by atoms with E-state index in [-0.39, 0.29) is 63.2 Å². The third kappa shape index (κ3) is 2.11. The summed E-state index contributed by atoms with van der Waals surface area (Å²) >= 11 is 3.22. The fourth-order valence-corrected chi connectivity index (χ4v) is 1.50. The fourth-order valence-electron chi connectivity index (χ4n) is 1.14. The quantitative estimate of drug-likeness (QED) is 0.451. The number of hydrogen-bond acceptors (Lipinski definition) is 2. The van der Waals surface area contributed by atoms with Gasteiger partial charge in [-0.3, -0.25) is 14.9 Å². The number of nitrogens with one attached hydrogen (secondary N) is 1. The minimum atomic E-state index is -0.323. The molecule has 1 aromatic carbocycles. The number of benzene rings is 1. The normalized spacial score (nSPS) is 13.3. The molecule has 0 atom stereocenters. The summed E-state index contributed by atoms with van der Waals surface area (Å²) in [7, 11) is 0. The minimum absolute atomic E-state index is 0. The second-order valence-corrected chi connectivity index (χ2v) is 3.39. The van der Waals surface area contributed by atoms with E-state index in [1.807, 2.05) is 0 Å². The number of hydrogen-bond donors (Lipinski definition) is 1. The van der Waals surface area contributed by atoms with Crippen molar-refractivity contribution >= 4 is 27.7 Å². The summed E-state index contributed by atoms with van der Waals surface area (Å²) in [5, 5.41) is 2.21. The number of carbonyl (C=O) groups excluding carboxylic acids is 2. The molecular weight excluding hydrogens is 261 g/mol. The zero-order valence-electron chi connectivity index (χ0n) is 6.93. The van der Waals surface area contributed by atoms with Crippen LogP contribution < -0.4 is 56.7 Å². The monoisotopic (exact) mass is 264 g/mol. The predicted molar refractivity (Wildman–Crippen MR) is 45.9 cm³/mol. The van der Waals surface area contributed by atoms with Gasteiger partial charge in [-0.2, -0.15) is 0 Å². The van der Waals surface area contributed by atoms with Crippen LogP contribution in [0.15, 0.2) is 22.7 Å². The van der Waals surface area contributed by atoms with Gasteiger partial charge in [0.05, 0.1) is 11.1 Å². The average molecular weight is 265 g/mol. The van der Waals surface area contributed by atoms with Crippen LogP contribution in [0.25, 0.3) is 0 Å². The molecule has 1 aliphatic rings. The summed E-state index contributed by atoms with van der Waals surface area (Å²) in [4.78, 5) is 22.1. The average Bonchev–Trinajstić information content (AvgIpc) is 2.28. The molecule has 0 unspecified atom stereocenters. The van der Waals surface area contributed by atoms with E-state index in [4.69, 9.17) is 0 Å². The van der Waals surface area contributed by atoms with Crippen LogP contribution in [0.4, 0.5) is 0 Å². The minimum Gasteiger partial charge on any atom is -0.288 e. The van der Waals surface area contributed by atoms with E-state index in [0.717, 1.165) is 4.47 Å². The number of amides is 2. The van der Waals surface area contributed by atoms with Crippen LogP contribution in [0, 0.1) is 0 Å². The predicted octanol–water partition coefficient (Wildman–Crippen LogP) is -1.66. The third-order valence-electron chi connectivity index (χ3n) is 1.70.